The molecule has 88 valence electrons. The highest BCUT2D eigenvalue weighted by atomic mass is 79.9. The van der Waals surface area contributed by atoms with E-state index in [4.69, 9.17) is 5.84 Å². The third-order valence-corrected chi connectivity index (χ3v) is 3.84. The van der Waals surface area contributed by atoms with E-state index in [1.165, 1.54) is 6.33 Å². The number of halogens is 1. The van der Waals surface area contributed by atoms with Gasteiger partial charge >= 0.3 is 0 Å². The van der Waals surface area contributed by atoms with Crippen molar-refractivity contribution in [1.29, 1.82) is 0 Å². The molecule has 1 heterocycles. The zero-order chi connectivity index (χ0) is 12.3. The Kier molecular flexibility index (Phi) is 3.98. The number of hydrogen-bond donors (Lipinski definition) is 2. The molecular weight excluding hydrogens is 300 g/mol. The van der Waals surface area contributed by atoms with Crippen LogP contribution in [-0.4, -0.2) is 9.97 Å². The van der Waals surface area contributed by atoms with Crippen LogP contribution in [0.1, 0.15) is 5.56 Å². The van der Waals surface area contributed by atoms with Gasteiger partial charge in [-0.05, 0) is 31.2 Å². The van der Waals surface area contributed by atoms with Crippen molar-refractivity contribution in [3.8, 4) is 0 Å². The maximum atomic E-state index is 5.38. The number of nitrogens with two attached hydrogens (primary N) is 1. The largest absolute Gasteiger partial charge is 0.308 e. The summed E-state index contributed by atoms with van der Waals surface area (Å²) in [6, 6.07) is 8.07. The third-order valence-electron chi connectivity index (χ3n) is 2.20. The number of nitrogens with zero attached hydrogens (tertiary/aromatic N) is 2. The van der Waals surface area contributed by atoms with Crippen LogP contribution in [0.15, 0.2) is 45.0 Å². The summed E-state index contributed by atoms with van der Waals surface area (Å²) in [5.41, 5.74) is 3.51. The summed E-state index contributed by atoms with van der Waals surface area (Å²) in [6.45, 7) is 1.94. The molecule has 0 bridgehead atoms. The number of anilines is 1. The minimum Gasteiger partial charge on any atom is -0.308 e. The molecule has 2 aromatic rings. The molecule has 0 unspecified atom stereocenters. The molecule has 0 saturated carbocycles. The van der Waals surface area contributed by atoms with E-state index < -0.39 is 0 Å². The number of benzene rings is 1. The Morgan fingerprint density at radius 1 is 1.24 bits per heavy atom. The Bertz CT molecular complexity index is 515. The van der Waals surface area contributed by atoms with Crippen molar-refractivity contribution in [2.45, 2.75) is 16.8 Å². The fraction of sp³-hybridized carbons (Fsp3) is 0.0909. The maximum Gasteiger partial charge on any atom is 0.147 e. The van der Waals surface area contributed by atoms with Gasteiger partial charge in [0.2, 0.25) is 0 Å². The van der Waals surface area contributed by atoms with Crippen molar-refractivity contribution in [1.82, 2.24) is 9.97 Å². The lowest BCUT2D eigenvalue weighted by Gasteiger charge is -2.07. The van der Waals surface area contributed by atoms with Crippen molar-refractivity contribution in [3.05, 3.63) is 40.6 Å². The van der Waals surface area contributed by atoms with Crippen LogP contribution in [0.4, 0.5) is 5.82 Å². The first kappa shape index (κ1) is 12.3. The van der Waals surface area contributed by atoms with Gasteiger partial charge in [-0.1, -0.05) is 27.7 Å². The second-order valence-electron chi connectivity index (χ2n) is 3.35. The number of nitrogen functional groups attached to an aromatic ring is 1. The number of nitrogens with one attached hydrogen (secondary N) is 1. The van der Waals surface area contributed by atoms with E-state index in [0.29, 0.717) is 5.82 Å². The van der Waals surface area contributed by atoms with Crippen LogP contribution in [0.3, 0.4) is 0 Å². The first-order valence-electron chi connectivity index (χ1n) is 4.92. The van der Waals surface area contributed by atoms with Crippen molar-refractivity contribution >= 4 is 33.5 Å². The fourth-order valence-electron chi connectivity index (χ4n) is 1.30. The Hall–Kier alpha value is -1.11. The number of aromatic nitrogens is 2. The molecule has 0 fully saturated rings. The molecule has 1 aromatic heterocycles. The summed E-state index contributed by atoms with van der Waals surface area (Å²) in [6.07, 6.45) is 1.50. The highest BCUT2D eigenvalue weighted by Gasteiger charge is 2.07. The molecule has 3 N–H and O–H groups in total. The van der Waals surface area contributed by atoms with Crippen LogP contribution in [0.25, 0.3) is 0 Å². The van der Waals surface area contributed by atoms with E-state index in [-0.39, 0.29) is 0 Å². The normalized spacial score (nSPS) is 10.3. The average molecular weight is 311 g/mol. The highest BCUT2D eigenvalue weighted by molar-refractivity contribution is 9.10. The molecule has 0 amide bonds. The molecule has 1 aromatic carbocycles. The van der Waals surface area contributed by atoms with Crippen molar-refractivity contribution < 1.29 is 0 Å². The molecule has 0 saturated heterocycles. The zero-order valence-corrected chi connectivity index (χ0v) is 11.5. The fourth-order valence-corrected chi connectivity index (χ4v) is 2.41. The lowest BCUT2D eigenvalue weighted by Crippen LogP contribution is -2.10. The molecule has 0 aliphatic rings. The number of hydrazine groups is 1. The van der Waals surface area contributed by atoms with Gasteiger partial charge in [-0.25, -0.2) is 15.8 Å². The molecule has 2 rings (SSSR count). The predicted molar refractivity (Wildman–Crippen MR) is 72.8 cm³/mol. The van der Waals surface area contributed by atoms with Gasteiger partial charge in [0, 0.05) is 14.9 Å². The topological polar surface area (TPSA) is 63.8 Å². The monoisotopic (exact) mass is 310 g/mol. The summed E-state index contributed by atoms with van der Waals surface area (Å²) in [7, 11) is 0. The van der Waals surface area contributed by atoms with Gasteiger partial charge in [-0.2, -0.15) is 0 Å². The first-order valence-corrected chi connectivity index (χ1v) is 6.53. The Labute approximate surface area is 112 Å². The van der Waals surface area contributed by atoms with E-state index in [9.17, 15) is 0 Å². The highest BCUT2D eigenvalue weighted by Crippen LogP contribution is 2.30. The Morgan fingerprint density at radius 3 is 2.59 bits per heavy atom. The van der Waals surface area contributed by atoms with E-state index in [2.05, 4.69) is 31.3 Å². The standard InChI is InChI=1S/C11H11BrN4S/c1-7-10(16-13)14-6-15-11(7)17-9-4-2-8(12)3-5-9/h2-6H,13H2,1H3,(H,14,15,16). The molecule has 6 heteroatoms. The molecule has 0 radical (unpaired) electrons. The Balaban J connectivity index is 2.27. The molecule has 4 nitrogen and oxygen atoms in total. The van der Waals surface area contributed by atoms with Crippen molar-refractivity contribution in [2.24, 2.45) is 5.84 Å². The van der Waals surface area contributed by atoms with Crippen LogP contribution in [-0.2, 0) is 0 Å². The zero-order valence-electron chi connectivity index (χ0n) is 9.14. The molecule has 0 aliphatic carbocycles. The molecule has 17 heavy (non-hydrogen) atoms. The molecule has 0 atom stereocenters. The van der Waals surface area contributed by atoms with E-state index in [1.54, 1.807) is 11.8 Å². The lowest BCUT2D eigenvalue weighted by molar-refractivity contribution is 0.996. The summed E-state index contributed by atoms with van der Waals surface area (Å²) >= 11 is 4.99. The van der Waals surface area contributed by atoms with Gasteiger partial charge in [-0.3, -0.25) is 0 Å². The van der Waals surface area contributed by atoms with Crippen LogP contribution in [0.5, 0.6) is 0 Å². The summed E-state index contributed by atoms with van der Waals surface area (Å²) in [5.74, 6) is 6.03. The van der Waals surface area contributed by atoms with Gasteiger partial charge in [0.15, 0.2) is 0 Å². The average Bonchev–Trinajstić information content (AvgIpc) is 2.35. The quantitative estimate of drug-likeness (QED) is 0.518. The third kappa shape index (κ3) is 2.96. The molecule has 0 spiro atoms. The van der Waals surface area contributed by atoms with Gasteiger partial charge in [0.05, 0.1) is 0 Å². The van der Waals surface area contributed by atoms with Crippen LogP contribution >= 0.6 is 27.7 Å². The summed E-state index contributed by atoms with van der Waals surface area (Å²) in [5, 5.41) is 0.898. The smallest absolute Gasteiger partial charge is 0.147 e. The second kappa shape index (κ2) is 5.48. The minimum absolute atomic E-state index is 0.652. The first-order chi connectivity index (χ1) is 8.20. The van der Waals surface area contributed by atoms with Crippen molar-refractivity contribution in [2.75, 3.05) is 5.43 Å². The van der Waals surface area contributed by atoms with Gasteiger partial charge < -0.3 is 5.43 Å². The van der Waals surface area contributed by atoms with Gasteiger partial charge in [-0.15, -0.1) is 0 Å². The van der Waals surface area contributed by atoms with Crippen LogP contribution in [0.2, 0.25) is 0 Å². The molecular formula is C11H11BrN4S. The lowest BCUT2D eigenvalue weighted by atomic mass is 10.3. The Morgan fingerprint density at radius 2 is 1.94 bits per heavy atom. The van der Waals surface area contributed by atoms with E-state index >= 15 is 0 Å². The second-order valence-corrected chi connectivity index (χ2v) is 5.33. The van der Waals surface area contributed by atoms with Gasteiger partial charge in [0.25, 0.3) is 0 Å². The number of hydrogen-bond acceptors (Lipinski definition) is 5. The van der Waals surface area contributed by atoms with Gasteiger partial charge in [0.1, 0.15) is 17.2 Å². The molecule has 0 aliphatic heterocycles. The maximum absolute atomic E-state index is 5.38. The van der Waals surface area contributed by atoms with E-state index in [1.807, 2.05) is 31.2 Å². The summed E-state index contributed by atoms with van der Waals surface area (Å²) < 4.78 is 1.06. The van der Waals surface area contributed by atoms with Crippen molar-refractivity contribution in [3.63, 3.8) is 0 Å². The predicted octanol–water partition coefficient (Wildman–Crippen LogP) is 2.98. The SMILES string of the molecule is Cc1c(NN)ncnc1Sc1ccc(Br)cc1. The number of rotatable bonds is 3. The van der Waals surface area contributed by atoms with E-state index in [0.717, 1.165) is 20.0 Å². The minimum atomic E-state index is 0.652. The van der Waals surface area contributed by atoms with Crippen LogP contribution in [0, 0.1) is 6.92 Å². The van der Waals surface area contributed by atoms with Crippen LogP contribution < -0.4 is 11.3 Å². The summed E-state index contributed by atoms with van der Waals surface area (Å²) in [4.78, 5) is 9.42.